The van der Waals surface area contributed by atoms with Gasteiger partial charge in [0.1, 0.15) is 17.6 Å². The molecule has 35 heavy (non-hydrogen) atoms. The fraction of sp³-hybridized carbons (Fsp3) is 0.286. The van der Waals surface area contributed by atoms with E-state index in [2.05, 4.69) is 5.32 Å². The quantitative estimate of drug-likeness (QED) is 0.390. The van der Waals surface area contributed by atoms with Gasteiger partial charge in [-0.25, -0.2) is 4.39 Å². The molecule has 2 amide bonds. The lowest BCUT2D eigenvalue weighted by Gasteiger charge is -2.31. The molecule has 1 N–H and O–H groups in total. The minimum atomic E-state index is -0.767. The van der Waals surface area contributed by atoms with Crippen molar-refractivity contribution in [3.05, 3.63) is 100 Å². The minimum Gasteiger partial charge on any atom is -0.484 e. The van der Waals surface area contributed by atoms with Gasteiger partial charge in [-0.05, 0) is 60.4 Å². The van der Waals surface area contributed by atoms with Crippen LogP contribution in [0.1, 0.15) is 30.0 Å². The predicted molar refractivity (Wildman–Crippen MR) is 136 cm³/mol. The van der Waals surface area contributed by atoms with Crippen LogP contribution in [0.3, 0.4) is 0 Å². The van der Waals surface area contributed by atoms with Gasteiger partial charge < -0.3 is 15.0 Å². The standard InChI is InChI=1S/C28H30ClFN2O3/c1-3-15-31-28(34)26(17-21-7-5-4-6-8-21)32(18-22-9-11-23(30)12-10-22)27(33)19-35-24-13-14-25(29)20(2)16-24/h4-14,16,26H,3,15,17-19H2,1-2H3,(H,31,34)/t26-/m1/s1. The lowest BCUT2D eigenvalue weighted by molar-refractivity contribution is -0.142. The summed E-state index contributed by atoms with van der Waals surface area (Å²) in [7, 11) is 0. The predicted octanol–water partition coefficient (Wildman–Crippen LogP) is 5.33. The molecule has 184 valence electrons. The molecule has 3 rings (SSSR count). The number of carbonyl (C=O) groups excluding carboxylic acids is 2. The Kier molecular flexibility index (Phi) is 9.67. The maximum atomic E-state index is 13.5. The Morgan fingerprint density at radius 1 is 1.03 bits per heavy atom. The molecule has 0 heterocycles. The van der Waals surface area contributed by atoms with Crippen LogP contribution in [-0.2, 0) is 22.6 Å². The molecule has 0 spiro atoms. The first-order valence-corrected chi connectivity index (χ1v) is 12.0. The summed E-state index contributed by atoms with van der Waals surface area (Å²) in [5.41, 5.74) is 2.47. The van der Waals surface area contributed by atoms with E-state index in [1.165, 1.54) is 17.0 Å². The Labute approximate surface area is 210 Å². The highest BCUT2D eigenvalue weighted by Gasteiger charge is 2.30. The van der Waals surface area contributed by atoms with E-state index in [0.29, 0.717) is 29.3 Å². The minimum absolute atomic E-state index is 0.138. The topological polar surface area (TPSA) is 58.6 Å². The van der Waals surface area contributed by atoms with Crippen LogP contribution in [0.4, 0.5) is 4.39 Å². The number of hydrogen-bond donors (Lipinski definition) is 1. The Hall–Kier alpha value is -3.38. The van der Waals surface area contributed by atoms with Crippen LogP contribution >= 0.6 is 11.6 Å². The molecular formula is C28H30ClFN2O3. The second-order valence-corrected chi connectivity index (χ2v) is 8.75. The van der Waals surface area contributed by atoms with Crippen LogP contribution in [0, 0.1) is 12.7 Å². The molecule has 0 saturated heterocycles. The molecule has 0 fully saturated rings. The smallest absolute Gasteiger partial charge is 0.261 e. The summed E-state index contributed by atoms with van der Waals surface area (Å²) in [6.07, 6.45) is 1.11. The molecule has 7 heteroatoms. The van der Waals surface area contributed by atoms with Gasteiger partial charge in [0, 0.05) is 24.5 Å². The van der Waals surface area contributed by atoms with Gasteiger partial charge in [-0.3, -0.25) is 9.59 Å². The van der Waals surface area contributed by atoms with Gasteiger partial charge >= 0.3 is 0 Å². The van der Waals surface area contributed by atoms with E-state index in [-0.39, 0.29) is 30.8 Å². The second-order valence-electron chi connectivity index (χ2n) is 8.34. The van der Waals surface area contributed by atoms with Crippen LogP contribution in [0.25, 0.3) is 0 Å². The summed E-state index contributed by atoms with van der Waals surface area (Å²) in [6.45, 7) is 4.21. The zero-order valence-electron chi connectivity index (χ0n) is 20.0. The Balaban J connectivity index is 1.88. The molecule has 3 aromatic rings. The van der Waals surface area contributed by atoms with Gasteiger partial charge in [0.05, 0.1) is 0 Å². The molecule has 0 bridgehead atoms. The lowest BCUT2D eigenvalue weighted by atomic mass is 10.0. The number of hydrogen-bond acceptors (Lipinski definition) is 3. The highest BCUT2D eigenvalue weighted by molar-refractivity contribution is 6.31. The van der Waals surface area contributed by atoms with Crippen molar-refractivity contribution in [1.82, 2.24) is 10.2 Å². The zero-order valence-corrected chi connectivity index (χ0v) is 20.7. The van der Waals surface area contributed by atoms with E-state index < -0.39 is 6.04 Å². The van der Waals surface area contributed by atoms with Gasteiger partial charge in [-0.15, -0.1) is 0 Å². The number of ether oxygens (including phenoxy) is 1. The Morgan fingerprint density at radius 3 is 2.40 bits per heavy atom. The molecular weight excluding hydrogens is 467 g/mol. The number of nitrogens with one attached hydrogen (secondary N) is 1. The molecule has 0 radical (unpaired) electrons. The maximum absolute atomic E-state index is 13.5. The fourth-order valence-corrected chi connectivity index (χ4v) is 3.76. The molecule has 0 aliphatic carbocycles. The fourth-order valence-electron chi connectivity index (χ4n) is 3.64. The van der Waals surface area contributed by atoms with E-state index >= 15 is 0 Å². The van der Waals surface area contributed by atoms with E-state index in [1.54, 1.807) is 30.3 Å². The van der Waals surface area contributed by atoms with E-state index in [0.717, 1.165) is 17.5 Å². The molecule has 0 aliphatic heterocycles. The van der Waals surface area contributed by atoms with Crippen molar-refractivity contribution in [1.29, 1.82) is 0 Å². The van der Waals surface area contributed by atoms with Crippen molar-refractivity contribution in [2.45, 2.75) is 39.3 Å². The van der Waals surface area contributed by atoms with Gasteiger partial charge in [0.15, 0.2) is 6.61 Å². The summed E-state index contributed by atoms with van der Waals surface area (Å²) in [5.74, 6) is -0.449. The Bertz CT molecular complexity index is 1120. The van der Waals surface area contributed by atoms with Crippen LogP contribution in [0.15, 0.2) is 72.8 Å². The number of carbonyl (C=O) groups is 2. The number of benzene rings is 3. The molecule has 0 aromatic heterocycles. The summed E-state index contributed by atoms with van der Waals surface area (Å²) in [6, 6.07) is 19.9. The third kappa shape index (κ3) is 7.82. The third-order valence-electron chi connectivity index (χ3n) is 5.58. The molecule has 1 atom stereocenters. The number of halogens is 2. The van der Waals surface area contributed by atoms with Crippen molar-refractivity contribution in [3.63, 3.8) is 0 Å². The molecule has 5 nitrogen and oxygen atoms in total. The Morgan fingerprint density at radius 2 is 1.74 bits per heavy atom. The van der Waals surface area contributed by atoms with Crippen molar-refractivity contribution in [3.8, 4) is 5.75 Å². The van der Waals surface area contributed by atoms with Gasteiger partial charge in [0.2, 0.25) is 5.91 Å². The highest BCUT2D eigenvalue weighted by Crippen LogP contribution is 2.22. The largest absolute Gasteiger partial charge is 0.484 e. The normalized spacial score (nSPS) is 11.5. The summed E-state index contributed by atoms with van der Waals surface area (Å²) in [4.78, 5) is 28.2. The summed E-state index contributed by atoms with van der Waals surface area (Å²) in [5, 5.41) is 3.53. The van der Waals surface area contributed by atoms with Crippen LogP contribution in [0.2, 0.25) is 5.02 Å². The molecule has 3 aromatic carbocycles. The first-order valence-electron chi connectivity index (χ1n) is 11.6. The molecule has 0 saturated carbocycles. The van der Waals surface area contributed by atoms with Gasteiger partial charge in [-0.2, -0.15) is 0 Å². The average Bonchev–Trinajstić information content (AvgIpc) is 2.87. The SMILES string of the molecule is CCCNC(=O)[C@@H](Cc1ccccc1)N(Cc1ccc(F)cc1)C(=O)COc1ccc(Cl)c(C)c1. The summed E-state index contributed by atoms with van der Waals surface area (Å²) < 4.78 is 19.3. The van der Waals surface area contributed by atoms with Crippen molar-refractivity contribution >= 4 is 23.4 Å². The maximum Gasteiger partial charge on any atom is 0.261 e. The zero-order chi connectivity index (χ0) is 25.2. The number of amides is 2. The first kappa shape index (κ1) is 26.2. The van der Waals surface area contributed by atoms with E-state index in [1.807, 2.05) is 44.2 Å². The number of rotatable bonds is 11. The second kappa shape index (κ2) is 12.9. The van der Waals surface area contributed by atoms with Crippen molar-refractivity contribution < 1.29 is 18.7 Å². The van der Waals surface area contributed by atoms with Crippen LogP contribution in [0.5, 0.6) is 5.75 Å². The number of aryl methyl sites for hydroxylation is 1. The average molecular weight is 497 g/mol. The van der Waals surface area contributed by atoms with Crippen molar-refractivity contribution in [2.75, 3.05) is 13.2 Å². The van der Waals surface area contributed by atoms with Crippen molar-refractivity contribution in [2.24, 2.45) is 0 Å². The first-order chi connectivity index (χ1) is 16.9. The van der Waals surface area contributed by atoms with Crippen LogP contribution in [-0.4, -0.2) is 35.9 Å². The lowest BCUT2D eigenvalue weighted by Crippen LogP contribution is -2.51. The van der Waals surface area contributed by atoms with E-state index in [9.17, 15) is 14.0 Å². The molecule has 0 aliphatic rings. The summed E-state index contributed by atoms with van der Waals surface area (Å²) >= 11 is 6.09. The number of nitrogens with zero attached hydrogens (tertiary/aromatic N) is 1. The molecule has 0 unspecified atom stereocenters. The van der Waals surface area contributed by atoms with Gasteiger partial charge in [-0.1, -0.05) is 61.0 Å². The van der Waals surface area contributed by atoms with E-state index in [4.69, 9.17) is 16.3 Å². The monoisotopic (exact) mass is 496 g/mol. The van der Waals surface area contributed by atoms with Crippen LogP contribution < -0.4 is 10.1 Å². The van der Waals surface area contributed by atoms with Gasteiger partial charge in [0.25, 0.3) is 5.91 Å². The highest BCUT2D eigenvalue weighted by atomic mass is 35.5. The third-order valence-corrected chi connectivity index (χ3v) is 6.00.